The molecule has 3 unspecified atom stereocenters. The molecule has 49 heavy (non-hydrogen) atoms. The van der Waals surface area contributed by atoms with Gasteiger partial charge in [-0.1, -0.05) is 74.6 Å². The summed E-state index contributed by atoms with van der Waals surface area (Å²) in [6.45, 7) is 8.40. The number of rotatable bonds is 7. The topological polar surface area (TPSA) is 107 Å². The van der Waals surface area contributed by atoms with Crippen LogP contribution in [0.5, 0.6) is 0 Å². The molecule has 0 aromatic carbocycles. The van der Waals surface area contributed by atoms with Crippen LogP contribution in [0.15, 0.2) is 93.0 Å². The summed E-state index contributed by atoms with van der Waals surface area (Å²) < 4.78 is 1.72. The Kier molecular flexibility index (Phi) is 9.15. The van der Waals surface area contributed by atoms with Gasteiger partial charge < -0.3 is 10.0 Å². The minimum absolute atomic E-state index is 0.00435. The number of allylic oxidation sites excluding steroid dienone is 11. The van der Waals surface area contributed by atoms with Crippen LogP contribution in [0.4, 0.5) is 5.82 Å². The number of aliphatic imine (C=N–C) groups is 2. The normalized spacial score (nSPS) is 30.6. The molecule has 0 saturated heterocycles. The summed E-state index contributed by atoms with van der Waals surface area (Å²) in [7, 11) is 0. The molecule has 8 heteroatoms. The van der Waals surface area contributed by atoms with Gasteiger partial charge in [-0.2, -0.15) is 10.4 Å². The molecule has 7 rings (SSSR count). The van der Waals surface area contributed by atoms with Crippen LogP contribution in [0.3, 0.4) is 0 Å². The first-order chi connectivity index (χ1) is 23.7. The van der Waals surface area contributed by atoms with Gasteiger partial charge in [-0.25, -0.2) is 9.67 Å². The second-order valence-corrected chi connectivity index (χ2v) is 15.0. The smallest absolute Gasteiger partial charge is 0.252 e. The predicted octanol–water partition coefficient (Wildman–Crippen LogP) is 7.77. The summed E-state index contributed by atoms with van der Waals surface area (Å²) in [4.78, 5) is 25.8. The number of aliphatic hydroxyl groups is 1. The Labute approximate surface area is 290 Å². The fourth-order valence-electron chi connectivity index (χ4n) is 8.57. The van der Waals surface area contributed by atoms with E-state index in [1.165, 1.54) is 12.8 Å². The van der Waals surface area contributed by atoms with Crippen LogP contribution in [0, 0.1) is 47.8 Å². The van der Waals surface area contributed by atoms with Crippen molar-refractivity contribution in [2.24, 2.45) is 39.6 Å². The van der Waals surface area contributed by atoms with Gasteiger partial charge in [0, 0.05) is 23.6 Å². The monoisotopic (exact) mass is 656 g/mol. The number of aliphatic hydroxyl groups excluding tert-OH is 1. The molecule has 4 aliphatic carbocycles. The minimum atomic E-state index is -0.808. The van der Waals surface area contributed by atoms with Crippen LogP contribution in [0.25, 0.3) is 0 Å². The second kappa shape index (κ2) is 13.5. The maximum Gasteiger partial charge on any atom is 0.252 e. The van der Waals surface area contributed by atoms with Gasteiger partial charge in [0.2, 0.25) is 0 Å². The zero-order valence-electron chi connectivity index (χ0n) is 29.2. The van der Waals surface area contributed by atoms with E-state index in [0.29, 0.717) is 35.3 Å². The van der Waals surface area contributed by atoms with Crippen LogP contribution >= 0.6 is 0 Å². The maximum atomic E-state index is 14.0. The molecule has 2 saturated carbocycles. The van der Waals surface area contributed by atoms with E-state index >= 15 is 0 Å². The molecule has 0 radical (unpaired) electrons. The average Bonchev–Trinajstić information content (AvgIpc) is 3.87. The number of nitriles is 1. The fraction of sp³-hybridized carbons (Fsp3) is 0.488. The van der Waals surface area contributed by atoms with Gasteiger partial charge in [-0.05, 0) is 99.7 Å². The molecule has 1 aromatic rings. The molecule has 8 nitrogen and oxygen atoms in total. The summed E-state index contributed by atoms with van der Waals surface area (Å²) in [5.74, 6) is 2.41. The third kappa shape index (κ3) is 6.30. The van der Waals surface area contributed by atoms with Gasteiger partial charge in [0.25, 0.3) is 5.91 Å². The van der Waals surface area contributed by atoms with Crippen LogP contribution in [0.2, 0.25) is 0 Å². The van der Waals surface area contributed by atoms with Gasteiger partial charge >= 0.3 is 0 Å². The second-order valence-electron chi connectivity index (χ2n) is 15.0. The summed E-state index contributed by atoms with van der Waals surface area (Å²) in [5, 5.41) is 26.1. The Balaban J connectivity index is 1.22. The van der Waals surface area contributed by atoms with Crippen molar-refractivity contribution in [1.82, 2.24) is 14.7 Å². The molecule has 1 N–H and O–H groups in total. The van der Waals surface area contributed by atoms with Crippen molar-refractivity contribution in [2.45, 2.75) is 97.5 Å². The molecule has 6 aliphatic rings. The van der Waals surface area contributed by atoms with Crippen molar-refractivity contribution in [3.05, 3.63) is 94.3 Å². The van der Waals surface area contributed by atoms with Gasteiger partial charge in [0.05, 0.1) is 16.9 Å². The first-order valence-electron chi connectivity index (χ1n) is 18.1. The molecule has 3 atom stereocenters. The Bertz CT molecular complexity index is 1810. The van der Waals surface area contributed by atoms with E-state index in [9.17, 15) is 15.2 Å². The van der Waals surface area contributed by atoms with E-state index < -0.39 is 6.23 Å². The van der Waals surface area contributed by atoms with Crippen molar-refractivity contribution < 1.29 is 9.90 Å². The third-order valence-electron chi connectivity index (χ3n) is 11.4. The Hall–Kier alpha value is -4.35. The van der Waals surface area contributed by atoms with Crippen molar-refractivity contribution in [2.75, 3.05) is 0 Å². The van der Waals surface area contributed by atoms with E-state index in [1.54, 1.807) is 4.68 Å². The van der Waals surface area contributed by atoms with Crippen molar-refractivity contribution in [1.29, 1.82) is 5.26 Å². The summed E-state index contributed by atoms with van der Waals surface area (Å²) >= 11 is 0. The number of hydrogen-bond donors (Lipinski definition) is 1. The lowest BCUT2D eigenvalue weighted by molar-refractivity contribution is -0.153. The van der Waals surface area contributed by atoms with Gasteiger partial charge in [-0.3, -0.25) is 9.79 Å². The highest BCUT2D eigenvalue weighted by atomic mass is 16.3. The largest absolute Gasteiger partial charge is 0.369 e. The first kappa shape index (κ1) is 33.2. The highest BCUT2D eigenvalue weighted by Gasteiger charge is 2.58. The van der Waals surface area contributed by atoms with E-state index in [2.05, 4.69) is 73.6 Å². The standard InChI is InChI=1S/C41H48N6O2/c1-5-29(13-10-18-41(21-32(22-41)30-15-16-30)47-39(48)33-17-14-26(2)19-35(33)40(47)49)37-34(31-11-8-6-7-9-12-31)20-27(3)24-43-38-36(23-42)28(4)45-46(38)25-44-37/h5-13,20,24,26-27,30-32,39,48H,14-19,21-22,25H2,1-4H3. The zero-order valence-corrected chi connectivity index (χ0v) is 29.2. The first-order valence-corrected chi connectivity index (χ1v) is 18.1. The lowest BCUT2D eigenvalue weighted by atomic mass is 9.63. The van der Waals surface area contributed by atoms with Crippen molar-refractivity contribution in [3.8, 4) is 6.07 Å². The van der Waals surface area contributed by atoms with Gasteiger partial charge in [-0.15, -0.1) is 0 Å². The number of carbonyl (C=O) groups is 1. The summed E-state index contributed by atoms with van der Waals surface area (Å²) in [6.07, 6.45) is 30.1. The SMILES string of the molecule is CC=C(C=CCC1(N2C(=O)C3=C(CCC(C)C3)C2O)CC(C2CC2)C1)C1=NCn2nc(C)c(C#N)c2N=CC(C)C=C1C1C=CC=CC=C1. The molecule has 2 aliphatic heterocycles. The molecule has 0 bridgehead atoms. The number of nitrogens with zero attached hydrogens (tertiary/aromatic N) is 6. The molecule has 2 fully saturated rings. The number of carbonyl (C=O) groups excluding carboxylic acids is 1. The summed E-state index contributed by atoms with van der Waals surface area (Å²) in [5.41, 5.74) is 5.47. The summed E-state index contributed by atoms with van der Waals surface area (Å²) in [6, 6.07) is 2.27. The predicted molar refractivity (Wildman–Crippen MR) is 194 cm³/mol. The van der Waals surface area contributed by atoms with Crippen LogP contribution in [-0.2, 0) is 11.5 Å². The van der Waals surface area contributed by atoms with E-state index in [0.717, 1.165) is 66.0 Å². The van der Waals surface area contributed by atoms with Gasteiger partial charge in [0.1, 0.15) is 18.3 Å². The fourth-order valence-corrected chi connectivity index (χ4v) is 8.57. The zero-order chi connectivity index (χ0) is 34.3. The lowest BCUT2D eigenvalue weighted by Crippen LogP contribution is -2.61. The third-order valence-corrected chi connectivity index (χ3v) is 11.4. The molecule has 1 amide bonds. The Morgan fingerprint density at radius 2 is 1.88 bits per heavy atom. The van der Waals surface area contributed by atoms with Gasteiger partial charge in [0.15, 0.2) is 12.0 Å². The lowest BCUT2D eigenvalue weighted by Gasteiger charge is -2.54. The van der Waals surface area contributed by atoms with E-state index in [1.807, 2.05) is 37.1 Å². The van der Waals surface area contributed by atoms with Crippen molar-refractivity contribution in [3.63, 3.8) is 0 Å². The number of hydrogen-bond acceptors (Lipinski definition) is 6. The van der Waals surface area contributed by atoms with Crippen LogP contribution < -0.4 is 0 Å². The maximum absolute atomic E-state index is 14.0. The van der Waals surface area contributed by atoms with Crippen LogP contribution in [-0.4, -0.2) is 49.4 Å². The number of fused-ring (bicyclic) bond motifs is 1. The molecule has 0 spiro atoms. The molecular weight excluding hydrogens is 608 g/mol. The van der Waals surface area contributed by atoms with E-state index in [4.69, 9.17) is 9.98 Å². The van der Waals surface area contributed by atoms with E-state index in [-0.39, 0.29) is 30.0 Å². The van der Waals surface area contributed by atoms with Crippen molar-refractivity contribution >= 4 is 23.7 Å². The molecule has 1 aromatic heterocycles. The number of aryl methyl sites for hydroxylation is 1. The molecule has 254 valence electrons. The Morgan fingerprint density at radius 3 is 2.57 bits per heavy atom. The molecular formula is C41H48N6O2. The number of aromatic nitrogens is 2. The quantitative estimate of drug-likeness (QED) is 0.303. The minimum Gasteiger partial charge on any atom is -0.369 e. The average molecular weight is 657 g/mol. The highest BCUT2D eigenvalue weighted by Crippen LogP contribution is 2.57. The van der Waals surface area contributed by atoms with Crippen LogP contribution in [0.1, 0.15) is 83.4 Å². The Morgan fingerprint density at radius 1 is 1.12 bits per heavy atom. The highest BCUT2D eigenvalue weighted by molar-refractivity contribution is 6.15. The molecule has 3 heterocycles. The number of amides is 1.